The summed E-state index contributed by atoms with van der Waals surface area (Å²) in [6, 6.07) is -0.377. The number of aryl methyl sites for hydroxylation is 1. The molecule has 1 unspecified atom stereocenters. The first-order valence-corrected chi connectivity index (χ1v) is 5.66. The Morgan fingerprint density at radius 2 is 2.41 bits per heavy atom. The highest BCUT2D eigenvalue weighted by molar-refractivity contribution is 5.85. The number of nitrogens with zero attached hydrogens (tertiary/aromatic N) is 2. The monoisotopic (exact) mass is 258 g/mol. The maximum atomic E-state index is 11.6. The van der Waals surface area contributed by atoms with Crippen molar-refractivity contribution < 1.29 is 4.79 Å². The van der Waals surface area contributed by atoms with E-state index in [9.17, 15) is 4.79 Å². The van der Waals surface area contributed by atoms with Crippen LogP contribution in [-0.4, -0.2) is 21.7 Å². The van der Waals surface area contributed by atoms with Crippen LogP contribution in [0.5, 0.6) is 0 Å². The number of carbonyl (C=O) groups excluding carboxylic acids is 1. The summed E-state index contributed by atoms with van der Waals surface area (Å²) in [4.78, 5) is 11.6. The minimum atomic E-state index is -0.456. The fourth-order valence-electron chi connectivity index (χ4n) is 2.16. The zero-order chi connectivity index (χ0) is 11.7. The van der Waals surface area contributed by atoms with E-state index in [1.807, 2.05) is 17.9 Å². The van der Waals surface area contributed by atoms with Crippen molar-refractivity contribution in [3.05, 3.63) is 17.5 Å². The largest absolute Gasteiger partial charge is 0.348 e. The molecule has 96 valence electrons. The van der Waals surface area contributed by atoms with Crippen LogP contribution in [0.1, 0.15) is 37.1 Å². The molecule has 3 N–H and O–H groups in total. The summed E-state index contributed by atoms with van der Waals surface area (Å²) in [5.41, 5.74) is 7.91. The van der Waals surface area contributed by atoms with Gasteiger partial charge in [-0.25, -0.2) is 0 Å². The first-order chi connectivity index (χ1) is 7.59. The SMILES string of the molecule is C[C@@H](N)C(=O)NC1CCCc2c1cnn2C.Cl. The number of amides is 1. The molecular formula is C11H19ClN4O. The second kappa shape index (κ2) is 5.51. The average Bonchev–Trinajstić information content (AvgIpc) is 2.62. The predicted molar refractivity (Wildman–Crippen MR) is 67.9 cm³/mol. The van der Waals surface area contributed by atoms with Crippen molar-refractivity contribution in [2.75, 3.05) is 0 Å². The van der Waals surface area contributed by atoms with E-state index in [1.54, 1.807) is 6.92 Å². The highest BCUT2D eigenvalue weighted by atomic mass is 35.5. The third-order valence-corrected chi connectivity index (χ3v) is 3.11. The van der Waals surface area contributed by atoms with Crippen LogP contribution >= 0.6 is 12.4 Å². The van der Waals surface area contributed by atoms with E-state index >= 15 is 0 Å². The Labute approximate surface area is 107 Å². The van der Waals surface area contributed by atoms with Crippen LogP contribution in [0.4, 0.5) is 0 Å². The zero-order valence-corrected chi connectivity index (χ0v) is 11.0. The van der Waals surface area contributed by atoms with E-state index in [2.05, 4.69) is 10.4 Å². The molecule has 2 rings (SSSR count). The highest BCUT2D eigenvalue weighted by Gasteiger charge is 2.25. The molecule has 2 atom stereocenters. The van der Waals surface area contributed by atoms with Gasteiger partial charge in [-0.2, -0.15) is 5.10 Å². The number of carbonyl (C=O) groups is 1. The van der Waals surface area contributed by atoms with Crippen molar-refractivity contribution in [2.45, 2.75) is 38.3 Å². The first kappa shape index (κ1) is 14.0. The topological polar surface area (TPSA) is 72.9 Å². The lowest BCUT2D eigenvalue weighted by Gasteiger charge is -2.24. The average molecular weight is 259 g/mol. The molecule has 17 heavy (non-hydrogen) atoms. The summed E-state index contributed by atoms with van der Waals surface area (Å²) in [5.74, 6) is -0.0956. The number of hydrogen-bond acceptors (Lipinski definition) is 3. The van der Waals surface area contributed by atoms with Crippen molar-refractivity contribution >= 4 is 18.3 Å². The maximum Gasteiger partial charge on any atom is 0.237 e. The van der Waals surface area contributed by atoms with E-state index in [0.717, 1.165) is 24.8 Å². The lowest BCUT2D eigenvalue weighted by molar-refractivity contribution is -0.122. The highest BCUT2D eigenvalue weighted by Crippen LogP contribution is 2.28. The lowest BCUT2D eigenvalue weighted by Crippen LogP contribution is -2.41. The van der Waals surface area contributed by atoms with E-state index in [1.165, 1.54) is 5.69 Å². The maximum absolute atomic E-state index is 11.6. The summed E-state index contributed by atoms with van der Waals surface area (Å²) >= 11 is 0. The molecule has 0 aromatic carbocycles. The number of fused-ring (bicyclic) bond motifs is 1. The van der Waals surface area contributed by atoms with Gasteiger partial charge in [-0.15, -0.1) is 12.4 Å². The second-order valence-corrected chi connectivity index (χ2v) is 4.41. The molecule has 0 saturated carbocycles. The quantitative estimate of drug-likeness (QED) is 0.820. The van der Waals surface area contributed by atoms with Crippen molar-refractivity contribution in [3.8, 4) is 0 Å². The molecule has 0 radical (unpaired) electrons. The molecule has 1 heterocycles. The van der Waals surface area contributed by atoms with Crippen molar-refractivity contribution in [1.29, 1.82) is 0 Å². The summed E-state index contributed by atoms with van der Waals surface area (Å²) in [5, 5.41) is 7.21. The standard InChI is InChI=1S/C11H18N4O.ClH/c1-7(12)11(16)14-9-4-3-5-10-8(9)6-13-15(10)2;/h6-7,9H,3-5,12H2,1-2H3,(H,14,16);1H/t7-,9?;/m1./s1. The zero-order valence-electron chi connectivity index (χ0n) is 10.1. The van der Waals surface area contributed by atoms with Gasteiger partial charge in [0.2, 0.25) is 5.91 Å². The molecule has 1 aromatic rings. The van der Waals surface area contributed by atoms with Crippen molar-refractivity contribution in [3.63, 3.8) is 0 Å². The molecule has 5 nitrogen and oxygen atoms in total. The fraction of sp³-hybridized carbons (Fsp3) is 0.636. The number of nitrogens with two attached hydrogens (primary N) is 1. The summed E-state index contributed by atoms with van der Waals surface area (Å²) in [6.07, 6.45) is 4.94. The number of halogens is 1. The molecule has 0 aliphatic heterocycles. The Balaban J connectivity index is 0.00000144. The van der Waals surface area contributed by atoms with E-state index in [-0.39, 0.29) is 24.4 Å². The molecule has 0 saturated heterocycles. The third kappa shape index (κ3) is 2.79. The number of rotatable bonds is 2. The van der Waals surface area contributed by atoms with Crippen LogP contribution in [-0.2, 0) is 18.3 Å². The van der Waals surface area contributed by atoms with Crippen LogP contribution in [0.25, 0.3) is 0 Å². The summed E-state index contributed by atoms with van der Waals surface area (Å²) in [7, 11) is 1.94. The van der Waals surface area contributed by atoms with Gasteiger partial charge >= 0.3 is 0 Å². The molecular weight excluding hydrogens is 240 g/mol. The Morgan fingerprint density at radius 3 is 3.06 bits per heavy atom. The first-order valence-electron chi connectivity index (χ1n) is 5.66. The van der Waals surface area contributed by atoms with Gasteiger partial charge in [0.25, 0.3) is 0 Å². The third-order valence-electron chi connectivity index (χ3n) is 3.11. The van der Waals surface area contributed by atoms with Gasteiger partial charge in [0.05, 0.1) is 18.3 Å². The van der Waals surface area contributed by atoms with Crippen LogP contribution in [0.15, 0.2) is 6.20 Å². The molecule has 1 aromatic heterocycles. The Hall–Kier alpha value is -1.07. The smallest absolute Gasteiger partial charge is 0.237 e. The summed E-state index contributed by atoms with van der Waals surface area (Å²) in [6.45, 7) is 1.70. The Kier molecular flexibility index (Phi) is 4.54. The minimum absolute atomic E-state index is 0. The van der Waals surface area contributed by atoms with Gasteiger partial charge < -0.3 is 11.1 Å². The molecule has 1 aliphatic rings. The molecule has 1 aliphatic carbocycles. The van der Waals surface area contributed by atoms with Crippen LogP contribution in [0.2, 0.25) is 0 Å². The van der Waals surface area contributed by atoms with Gasteiger partial charge in [-0.3, -0.25) is 9.48 Å². The lowest BCUT2D eigenvalue weighted by atomic mass is 9.93. The predicted octanol–water partition coefficient (Wildman–Crippen LogP) is 0.683. The Morgan fingerprint density at radius 1 is 1.71 bits per heavy atom. The van der Waals surface area contributed by atoms with Gasteiger partial charge in [-0.1, -0.05) is 0 Å². The number of aromatic nitrogens is 2. The Bertz CT molecular complexity index is 402. The van der Waals surface area contributed by atoms with Gasteiger partial charge in [0.1, 0.15) is 0 Å². The van der Waals surface area contributed by atoms with Crippen LogP contribution in [0, 0.1) is 0 Å². The molecule has 1 amide bonds. The van der Waals surface area contributed by atoms with Crippen LogP contribution < -0.4 is 11.1 Å². The van der Waals surface area contributed by atoms with Crippen molar-refractivity contribution in [2.24, 2.45) is 12.8 Å². The molecule has 0 spiro atoms. The van der Waals surface area contributed by atoms with Gasteiger partial charge in [0, 0.05) is 18.3 Å². The van der Waals surface area contributed by atoms with Gasteiger partial charge in [-0.05, 0) is 26.2 Å². The second-order valence-electron chi connectivity index (χ2n) is 4.41. The number of nitrogens with one attached hydrogen (secondary N) is 1. The molecule has 6 heteroatoms. The van der Waals surface area contributed by atoms with Crippen molar-refractivity contribution in [1.82, 2.24) is 15.1 Å². The number of hydrogen-bond donors (Lipinski definition) is 2. The van der Waals surface area contributed by atoms with Crippen LogP contribution in [0.3, 0.4) is 0 Å². The van der Waals surface area contributed by atoms with E-state index in [4.69, 9.17) is 5.73 Å². The van der Waals surface area contributed by atoms with E-state index in [0.29, 0.717) is 0 Å². The van der Waals surface area contributed by atoms with E-state index < -0.39 is 6.04 Å². The van der Waals surface area contributed by atoms with Gasteiger partial charge in [0.15, 0.2) is 0 Å². The minimum Gasteiger partial charge on any atom is -0.348 e. The fourth-order valence-corrected chi connectivity index (χ4v) is 2.16. The summed E-state index contributed by atoms with van der Waals surface area (Å²) < 4.78 is 1.89. The molecule has 0 fully saturated rings. The molecule has 0 bridgehead atoms. The normalized spacial score (nSPS) is 20.1.